The van der Waals surface area contributed by atoms with Crippen LogP contribution in [0.25, 0.3) is 11.5 Å². The molecule has 1 heterocycles. The summed E-state index contributed by atoms with van der Waals surface area (Å²) in [5.41, 5.74) is 1.46. The molecule has 0 unspecified atom stereocenters. The number of anilines is 1. The van der Waals surface area contributed by atoms with Gasteiger partial charge in [0.25, 0.3) is 0 Å². The lowest BCUT2D eigenvalue weighted by Crippen LogP contribution is -2.12. The number of carbonyl (C=O) groups excluding carboxylic acids is 2. The molecule has 3 aromatic rings. The summed E-state index contributed by atoms with van der Waals surface area (Å²) in [6.45, 7) is 0. The van der Waals surface area contributed by atoms with E-state index in [0.29, 0.717) is 21.8 Å². The van der Waals surface area contributed by atoms with Gasteiger partial charge in [-0.2, -0.15) is 0 Å². The molecule has 0 aliphatic carbocycles. The maximum absolute atomic E-state index is 12.2. The smallest absolute Gasteiger partial charge is 0.337 e. The van der Waals surface area contributed by atoms with Crippen molar-refractivity contribution >= 4 is 29.2 Å². The Balaban J connectivity index is 1.73. The molecular weight excluding hydrogens is 346 g/mol. The molecule has 0 radical (unpaired) electrons. The standard InChI is InChI=1S/C17H12ClN3O4/c1-24-17(23)10-5-7-13(8-6-10)19-14(22)16-21-20-15(25-16)11-3-2-4-12(18)9-11/h2-9H,1H3,(H,19,22). The molecule has 0 atom stereocenters. The number of nitrogens with zero attached hydrogens (tertiary/aromatic N) is 2. The van der Waals surface area contributed by atoms with Crippen molar-refractivity contribution in [3.05, 3.63) is 65.0 Å². The average Bonchev–Trinajstić information content (AvgIpc) is 3.12. The molecule has 0 aliphatic heterocycles. The molecule has 2 aromatic carbocycles. The van der Waals surface area contributed by atoms with Gasteiger partial charge < -0.3 is 14.5 Å². The highest BCUT2D eigenvalue weighted by molar-refractivity contribution is 6.30. The molecule has 0 saturated heterocycles. The Bertz CT molecular complexity index is 922. The van der Waals surface area contributed by atoms with Crippen LogP contribution in [0.15, 0.2) is 52.9 Å². The number of amides is 1. The van der Waals surface area contributed by atoms with Crippen molar-refractivity contribution in [3.8, 4) is 11.5 Å². The molecule has 1 aromatic heterocycles. The number of halogens is 1. The first-order valence-electron chi connectivity index (χ1n) is 7.16. The Kier molecular flexibility index (Phi) is 4.76. The largest absolute Gasteiger partial charge is 0.465 e. The van der Waals surface area contributed by atoms with Crippen molar-refractivity contribution in [1.82, 2.24) is 10.2 Å². The minimum Gasteiger partial charge on any atom is -0.465 e. The first kappa shape index (κ1) is 16.7. The van der Waals surface area contributed by atoms with Gasteiger partial charge in [0.2, 0.25) is 5.89 Å². The highest BCUT2D eigenvalue weighted by atomic mass is 35.5. The number of ether oxygens (including phenoxy) is 1. The third-order valence-corrected chi connectivity index (χ3v) is 3.49. The molecular formula is C17H12ClN3O4. The SMILES string of the molecule is COC(=O)c1ccc(NC(=O)c2nnc(-c3cccc(Cl)c3)o2)cc1. The van der Waals surface area contributed by atoms with Crippen molar-refractivity contribution in [2.45, 2.75) is 0 Å². The van der Waals surface area contributed by atoms with E-state index in [9.17, 15) is 9.59 Å². The van der Waals surface area contributed by atoms with Gasteiger partial charge in [-0.05, 0) is 42.5 Å². The number of hydrogen-bond acceptors (Lipinski definition) is 6. The lowest BCUT2D eigenvalue weighted by atomic mass is 10.2. The van der Waals surface area contributed by atoms with Gasteiger partial charge in [-0.1, -0.05) is 17.7 Å². The van der Waals surface area contributed by atoms with E-state index >= 15 is 0 Å². The Morgan fingerprint density at radius 3 is 2.56 bits per heavy atom. The zero-order valence-electron chi connectivity index (χ0n) is 13.0. The number of rotatable bonds is 4. The second-order valence-electron chi connectivity index (χ2n) is 4.95. The molecule has 0 bridgehead atoms. The van der Waals surface area contributed by atoms with Crippen LogP contribution in [-0.4, -0.2) is 29.2 Å². The van der Waals surface area contributed by atoms with E-state index in [1.807, 2.05) is 0 Å². The number of benzene rings is 2. The number of hydrogen-bond donors (Lipinski definition) is 1. The van der Waals surface area contributed by atoms with Gasteiger partial charge in [0.1, 0.15) is 0 Å². The van der Waals surface area contributed by atoms with E-state index in [1.54, 1.807) is 36.4 Å². The zero-order chi connectivity index (χ0) is 17.8. The van der Waals surface area contributed by atoms with Gasteiger partial charge in [-0.15, -0.1) is 10.2 Å². The third kappa shape index (κ3) is 3.84. The fraction of sp³-hybridized carbons (Fsp3) is 0.0588. The summed E-state index contributed by atoms with van der Waals surface area (Å²) in [5.74, 6) is -1.02. The molecule has 7 nitrogen and oxygen atoms in total. The second kappa shape index (κ2) is 7.14. The van der Waals surface area contributed by atoms with E-state index in [-0.39, 0.29) is 11.8 Å². The van der Waals surface area contributed by atoms with Crippen LogP contribution in [0.5, 0.6) is 0 Å². The lowest BCUT2D eigenvalue weighted by Gasteiger charge is -2.03. The minimum atomic E-state index is -0.563. The molecule has 1 N–H and O–H groups in total. The summed E-state index contributed by atoms with van der Waals surface area (Å²) in [4.78, 5) is 23.6. The van der Waals surface area contributed by atoms with E-state index in [4.69, 9.17) is 16.0 Å². The topological polar surface area (TPSA) is 94.3 Å². The van der Waals surface area contributed by atoms with Gasteiger partial charge >= 0.3 is 17.8 Å². The number of carbonyl (C=O) groups is 2. The van der Waals surface area contributed by atoms with Crippen molar-refractivity contribution in [2.24, 2.45) is 0 Å². The van der Waals surface area contributed by atoms with Crippen LogP contribution >= 0.6 is 11.6 Å². The maximum atomic E-state index is 12.2. The molecule has 25 heavy (non-hydrogen) atoms. The molecule has 8 heteroatoms. The Labute approximate surface area is 147 Å². The van der Waals surface area contributed by atoms with Gasteiger partial charge in [-0.3, -0.25) is 4.79 Å². The Morgan fingerprint density at radius 1 is 1.12 bits per heavy atom. The first-order valence-corrected chi connectivity index (χ1v) is 7.54. The third-order valence-electron chi connectivity index (χ3n) is 3.25. The molecule has 0 saturated carbocycles. The van der Waals surface area contributed by atoms with Gasteiger partial charge in [0.05, 0.1) is 12.7 Å². The molecule has 0 spiro atoms. The fourth-order valence-electron chi connectivity index (χ4n) is 2.05. The van der Waals surface area contributed by atoms with Crippen LogP contribution in [0.1, 0.15) is 21.0 Å². The van der Waals surface area contributed by atoms with Crippen LogP contribution in [-0.2, 0) is 4.74 Å². The van der Waals surface area contributed by atoms with E-state index < -0.39 is 11.9 Å². The van der Waals surface area contributed by atoms with Gasteiger partial charge in [0.15, 0.2) is 0 Å². The van der Waals surface area contributed by atoms with Crippen molar-refractivity contribution in [3.63, 3.8) is 0 Å². The van der Waals surface area contributed by atoms with Gasteiger partial charge in [0, 0.05) is 16.3 Å². The zero-order valence-corrected chi connectivity index (χ0v) is 13.8. The van der Waals surface area contributed by atoms with Crippen molar-refractivity contribution < 1.29 is 18.7 Å². The molecule has 3 rings (SSSR count). The first-order chi connectivity index (χ1) is 12.1. The minimum absolute atomic E-state index is 0.188. The summed E-state index contributed by atoms with van der Waals surface area (Å²) >= 11 is 5.91. The highest BCUT2D eigenvalue weighted by Gasteiger charge is 2.16. The lowest BCUT2D eigenvalue weighted by molar-refractivity contribution is 0.0600. The fourth-order valence-corrected chi connectivity index (χ4v) is 2.24. The predicted molar refractivity (Wildman–Crippen MR) is 90.5 cm³/mol. The van der Waals surface area contributed by atoms with Crippen LogP contribution in [0, 0.1) is 0 Å². The number of methoxy groups -OCH3 is 1. The summed E-state index contributed by atoms with van der Waals surface area (Å²) in [5, 5.41) is 10.7. The molecule has 0 aliphatic rings. The number of esters is 1. The molecule has 0 fully saturated rings. The maximum Gasteiger partial charge on any atom is 0.337 e. The highest BCUT2D eigenvalue weighted by Crippen LogP contribution is 2.21. The van der Waals surface area contributed by atoms with Crippen molar-refractivity contribution in [1.29, 1.82) is 0 Å². The summed E-state index contributed by atoms with van der Waals surface area (Å²) in [7, 11) is 1.30. The van der Waals surface area contributed by atoms with Crippen molar-refractivity contribution in [2.75, 3.05) is 12.4 Å². The normalized spacial score (nSPS) is 10.3. The van der Waals surface area contributed by atoms with Crippen LogP contribution in [0.2, 0.25) is 5.02 Å². The second-order valence-corrected chi connectivity index (χ2v) is 5.38. The predicted octanol–water partition coefficient (Wildman–Crippen LogP) is 3.43. The average molecular weight is 358 g/mol. The summed E-state index contributed by atoms with van der Waals surface area (Å²) in [6.07, 6.45) is 0. The Morgan fingerprint density at radius 2 is 1.88 bits per heavy atom. The van der Waals surface area contributed by atoms with E-state index in [2.05, 4.69) is 20.3 Å². The summed E-state index contributed by atoms with van der Waals surface area (Å²) < 4.78 is 9.98. The van der Waals surface area contributed by atoms with Gasteiger partial charge in [-0.25, -0.2) is 4.79 Å². The monoisotopic (exact) mass is 357 g/mol. The number of nitrogens with one attached hydrogen (secondary N) is 1. The van der Waals surface area contributed by atoms with E-state index in [1.165, 1.54) is 19.2 Å². The molecule has 126 valence electrons. The quantitative estimate of drug-likeness (QED) is 0.719. The molecule has 1 amide bonds. The van der Waals surface area contributed by atoms with Crippen LogP contribution < -0.4 is 5.32 Å². The summed E-state index contributed by atoms with van der Waals surface area (Å²) in [6, 6.07) is 13.1. The Hall–Kier alpha value is -3.19. The van der Waals surface area contributed by atoms with Crippen LogP contribution in [0.3, 0.4) is 0 Å². The number of aromatic nitrogens is 2. The van der Waals surface area contributed by atoms with Crippen LogP contribution in [0.4, 0.5) is 5.69 Å². The van der Waals surface area contributed by atoms with E-state index in [0.717, 1.165) is 0 Å².